The lowest BCUT2D eigenvalue weighted by Gasteiger charge is -2.35. The van der Waals surface area contributed by atoms with Crippen molar-refractivity contribution in [3.05, 3.63) is 60.2 Å². The fraction of sp³-hybridized carbons (Fsp3) is 0.435. The molecule has 2 saturated heterocycles. The van der Waals surface area contributed by atoms with Crippen molar-refractivity contribution in [1.82, 2.24) is 9.80 Å². The van der Waals surface area contributed by atoms with Gasteiger partial charge in [0.05, 0.1) is 24.6 Å². The number of rotatable bonds is 5. The molecule has 2 aliphatic rings. The highest BCUT2D eigenvalue weighted by molar-refractivity contribution is 5.93. The van der Waals surface area contributed by atoms with Crippen LogP contribution in [0.3, 0.4) is 0 Å². The Bertz CT molecular complexity index is 784. The van der Waals surface area contributed by atoms with Gasteiger partial charge in [0, 0.05) is 45.8 Å². The average molecular weight is 395 g/mol. The first-order valence-corrected chi connectivity index (χ1v) is 10.5. The molecule has 154 valence electrons. The van der Waals surface area contributed by atoms with Crippen LogP contribution in [0, 0.1) is 0 Å². The van der Waals surface area contributed by atoms with Crippen LogP contribution < -0.4 is 10.2 Å². The summed E-state index contributed by atoms with van der Waals surface area (Å²) < 4.78 is 5.45. The topological polar surface area (TPSA) is 48.1 Å². The van der Waals surface area contributed by atoms with E-state index in [1.54, 1.807) is 0 Å². The molecule has 4 rings (SSSR count). The van der Waals surface area contributed by atoms with Crippen molar-refractivity contribution < 1.29 is 9.53 Å². The van der Waals surface area contributed by atoms with Crippen LogP contribution in [0.25, 0.3) is 0 Å². The molecule has 1 N–H and O–H groups in total. The third kappa shape index (κ3) is 5.28. The van der Waals surface area contributed by atoms with E-state index in [9.17, 15) is 4.79 Å². The van der Waals surface area contributed by atoms with E-state index in [-0.39, 0.29) is 6.03 Å². The number of hydrogen-bond donors (Lipinski definition) is 1. The van der Waals surface area contributed by atoms with Crippen LogP contribution in [0.15, 0.2) is 54.6 Å². The Morgan fingerprint density at radius 3 is 2.31 bits per heavy atom. The molecular weight excluding hydrogens is 364 g/mol. The van der Waals surface area contributed by atoms with Gasteiger partial charge in [-0.25, -0.2) is 4.79 Å². The summed E-state index contributed by atoms with van der Waals surface area (Å²) in [6.07, 6.45) is 1.06. The van der Waals surface area contributed by atoms with Crippen molar-refractivity contribution in [2.75, 3.05) is 69.2 Å². The third-order valence-electron chi connectivity index (χ3n) is 5.72. The van der Waals surface area contributed by atoms with Crippen molar-refractivity contribution in [2.24, 2.45) is 0 Å². The fourth-order valence-electron chi connectivity index (χ4n) is 3.96. The molecule has 2 aromatic carbocycles. The molecule has 0 spiro atoms. The number of para-hydroxylation sites is 2. The van der Waals surface area contributed by atoms with Crippen LogP contribution in [0.2, 0.25) is 0 Å². The summed E-state index contributed by atoms with van der Waals surface area (Å²) in [6.45, 7) is 7.58. The predicted molar refractivity (Wildman–Crippen MR) is 117 cm³/mol. The second-order valence-electron chi connectivity index (χ2n) is 7.61. The van der Waals surface area contributed by atoms with Crippen molar-refractivity contribution >= 4 is 17.4 Å². The van der Waals surface area contributed by atoms with E-state index < -0.39 is 0 Å². The normalized spacial score (nSPS) is 17.9. The molecule has 0 saturated carbocycles. The molecular formula is C23H30N4O2. The van der Waals surface area contributed by atoms with E-state index in [0.29, 0.717) is 0 Å². The summed E-state index contributed by atoms with van der Waals surface area (Å²) in [5.74, 6) is 0. The second kappa shape index (κ2) is 9.76. The van der Waals surface area contributed by atoms with Crippen molar-refractivity contribution in [3.63, 3.8) is 0 Å². The summed E-state index contributed by atoms with van der Waals surface area (Å²) in [5, 5.41) is 3.14. The molecule has 6 heteroatoms. The first kappa shape index (κ1) is 19.7. The maximum atomic E-state index is 12.8. The number of nitrogens with one attached hydrogen (secondary N) is 1. The zero-order valence-corrected chi connectivity index (χ0v) is 16.9. The van der Waals surface area contributed by atoms with Crippen LogP contribution in [-0.4, -0.2) is 74.9 Å². The van der Waals surface area contributed by atoms with Gasteiger partial charge in [0.25, 0.3) is 0 Å². The Hall–Kier alpha value is -2.57. The first-order valence-electron chi connectivity index (χ1n) is 10.5. The van der Waals surface area contributed by atoms with Gasteiger partial charge < -0.3 is 19.9 Å². The van der Waals surface area contributed by atoms with Crippen LogP contribution >= 0.6 is 0 Å². The highest BCUT2D eigenvalue weighted by Crippen LogP contribution is 2.26. The number of hydrogen-bond acceptors (Lipinski definition) is 4. The zero-order chi connectivity index (χ0) is 19.9. The number of carbonyl (C=O) groups excluding carboxylic acids is 1. The standard InChI is InChI=1S/C23H30N4O2/c28-23(24-21-8-4-5-9-22(21)26-16-18-29-19-17-26)27-14-12-25(13-15-27)11-10-20-6-2-1-3-7-20/h1-9H,10-19H2,(H,24,28). The van der Waals surface area contributed by atoms with Crippen LogP contribution in [0.1, 0.15) is 5.56 Å². The molecule has 0 aromatic heterocycles. The van der Waals surface area contributed by atoms with Gasteiger partial charge in [-0.05, 0) is 24.1 Å². The summed E-state index contributed by atoms with van der Waals surface area (Å²) >= 11 is 0. The van der Waals surface area contributed by atoms with Crippen LogP contribution in [0.4, 0.5) is 16.2 Å². The molecule has 6 nitrogen and oxygen atoms in total. The van der Waals surface area contributed by atoms with Crippen molar-refractivity contribution in [2.45, 2.75) is 6.42 Å². The minimum absolute atomic E-state index is 0.00609. The highest BCUT2D eigenvalue weighted by atomic mass is 16.5. The van der Waals surface area contributed by atoms with E-state index >= 15 is 0 Å². The van der Waals surface area contributed by atoms with Gasteiger partial charge in [-0.1, -0.05) is 42.5 Å². The second-order valence-corrected chi connectivity index (χ2v) is 7.61. The Morgan fingerprint density at radius 2 is 1.55 bits per heavy atom. The monoisotopic (exact) mass is 394 g/mol. The largest absolute Gasteiger partial charge is 0.378 e. The molecule has 0 aliphatic carbocycles. The van der Waals surface area contributed by atoms with Gasteiger partial charge in [0.15, 0.2) is 0 Å². The van der Waals surface area contributed by atoms with Gasteiger partial charge in [-0.2, -0.15) is 0 Å². The van der Waals surface area contributed by atoms with Crippen molar-refractivity contribution in [1.29, 1.82) is 0 Å². The molecule has 2 aromatic rings. The molecule has 2 aliphatic heterocycles. The molecule has 0 atom stereocenters. The van der Waals surface area contributed by atoms with E-state index in [1.807, 2.05) is 23.1 Å². The van der Waals surface area contributed by atoms with Gasteiger partial charge in [-0.3, -0.25) is 4.90 Å². The van der Waals surface area contributed by atoms with Gasteiger partial charge in [-0.15, -0.1) is 0 Å². The fourth-order valence-corrected chi connectivity index (χ4v) is 3.96. The van der Waals surface area contributed by atoms with Crippen LogP contribution in [-0.2, 0) is 11.2 Å². The number of urea groups is 1. The lowest BCUT2D eigenvalue weighted by Crippen LogP contribution is -2.50. The SMILES string of the molecule is O=C(Nc1ccccc1N1CCOCC1)N1CCN(CCc2ccccc2)CC1. The highest BCUT2D eigenvalue weighted by Gasteiger charge is 2.22. The minimum Gasteiger partial charge on any atom is -0.378 e. The molecule has 0 bridgehead atoms. The maximum absolute atomic E-state index is 12.8. The number of morpholine rings is 1. The van der Waals surface area contributed by atoms with E-state index in [4.69, 9.17) is 4.74 Å². The summed E-state index contributed by atoms with van der Waals surface area (Å²) in [5.41, 5.74) is 3.32. The third-order valence-corrected chi connectivity index (χ3v) is 5.72. The Labute approximate surface area is 173 Å². The number of amides is 2. The number of ether oxygens (including phenoxy) is 1. The summed E-state index contributed by atoms with van der Waals surface area (Å²) in [6, 6.07) is 18.6. The number of carbonyl (C=O) groups is 1. The van der Waals surface area contributed by atoms with Gasteiger partial charge in [0.1, 0.15) is 0 Å². The maximum Gasteiger partial charge on any atom is 0.321 e. The van der Waals surface area contributed by atoms with Crippen molar-refractivity contribution in [3.8, 4) is 0 Å². The lowest BCUT2D eigenvalue weighted by molar-refractivity contribution is 0.123. The van der Waals surface area contributed by atoms with Gasteiger partial charge >= 0.3 is 6.03 Å². The number of nitrogens with zero attached hydrogens (tertiary/aromatic N) is 3. The Kier molecular flexibility index (Phi) is 6.64. The minimum atomic E-state index is -0.00609. The molecule has 29 heavy (non-hydrogen) atoms. The van der Waals surface area contributed by atoms with Crippen LogP contribution in [0.5, 0.6) is 0 Å². The first-order chi connectivity index (χ1) is 14.3. The van der Waals surface area contributed by atoms with E-state index in [2.05, 4.69) is 51.5 Å². The Balaban J connectivity index is 1.28. The molecule has 2 fully saturated rings. The smallest absolute Gasteiger partial charge is 0.321 e. The number of benzene rings is 2. The van der Waals surface area contributed by atoms with Gasteiger partial charge in [0.2, 0.25) is 0 Å². The zero-order valence-electron chi connectivity index (χ0n) is 16.9. The molecule has 0 unspecified atom stereocenters. The lowest BCUT2D eigenvalue weighted by atomic mass is 10.1. The summed E-state index contributed by atoms with van der Waals surface area (Å²) in [7, 11) is 0. The molecule has 2 heterocycles. The summed E-state index contributed by atoms with van der Waals surface area (Å²) in [4.78, 5) is 19.5. The van der Waals surface area contributed by atoms with E-state index in [0.717, 1.165) is 76.8 Å². The number of piperazine rings is 1. The number of anilines is 2. The average Bonchev–Trinajstić information content (AvgIpc) is 2.80. The molecule has 0 radical (unpaired) electrons. The predicted octanol–water partition coefficient (Wildman–Crippen LogP) is 2.92. The Morgan fingerprint density at radius 1 is 0.862 bits per heavy atom. The van der Waals surface area contributed by atoms with E-state index in [1.165, 1.54) is 5.56 Å². The molecule has 2 amide bonds. The quantitative estimate of drug-likeness (QED) is 0.847.